The van der Waals surface area contributed by atoms with Gasteiger partial charge in [-0.05, 0) is 38.7 Å². The third kappa shape index (κ3) is 2.15. The minimum absolute atomic E-state index is 0.204. The third-order valence-electron chi connectivity index (χ3n) is 3.13. The highest BCUT2D eigenvalue weighted by atomic mass is 16.6. The summed E-state index contributed by atoms with van der Waals surface area (Å²) in [7, 11) is 0. The molecule has 0 saturated heterocycles. The summed E-state index contributed by atoms with van der Waals surface area (Å²) in [5, 5.41) is 14.2. The number of nitro groups is 1. The molecule has 0 amide bonds. The molecule has 0 heterocycles. The van der Waals surface area contributed by atoms with Gasteiger partial charge < -0.3 is 5.32 Å². The molecule has 0 bridgehead atoms. The first-order chi connectivity index (χ1) is 7.59. The van der Waals surface area contributed by atoms with Crippen molar-refractivity contribution in [3.63, 3.8) is 0 Å². The summed E-state index contributed by atoms with van der Waals surface area (Å²) in [6.45, 7) is 3.86. The number of benzene rings is 1. The zero-order valence-electron chi connectivity index (χ0n) is 9.56. The summed E-state index contributed by atoms with van der Waals surface area (Å²) in [6.07, 6.45) is 2.46. The van der Waals surface area contributed by atoms with E-state index in [1.165, 1.54) is 12.8 Å². The largest absolute Gasteiger partial charge is 0.377 e. The lowest BCUT2D eigenvalue weighted by atomic mass is 10.1. The van der Waals surface area contributed by atoms with Gasteiger partial charge in [0.05, 0.1) is 4.92 Å². The lowest BCUT2D eigenvalue weighted by molar-refractivity contribution is -0.384. The summed E-state index contributed by atoms with van der Waals surface area (Å²) in [6, 6.07) is 5.72. The average Bonchev–Trinajstić information content (AvgIpc) is 2.99. The highest BCUT2D eigenvalue weighted by Gasteiger charge is 2.29. The zero-order valence-corrected chi connectivity index (χ0v) is 9.56. The predicted octanol–water partition coefficient (Wildman–Crippen LogP) is 3.11. The van der Waals surface area contributed by atoms with Crippen LogP contribution in [0.1, 0.15) is 25.3 Å². The van der Waals surface area contributed by atoms with E-state index in [9.17, 15) is 10.1 Å². The Morgan fingerprint density at radius 1 is 1.50 bits per heavy atom. The molecule has 16 heavy (non-hydrogen) atoms. The van der Waals surface area contributed by atoms with Gasteiger partial charge in [0.2, 0.25) is 0 Å². The van der Waals surface area contributed by atoms with E-state index in [4.69, 9.17) is 0 Å². The van der Waals surface area contributed by atoms with E-state index in [2.05, 4.69) is 12.2 Å². The van der Waals surface area contributed by atoms with Crippen LogP contribution in [0.5, 0.6) is 0 Å². The Kier molecular flexibility index (Phi) is 2.81. The molecule has 1 N–H and O–H groups in total. The van der Waals surface area contributed by atoms with Gasteiger partial charge in [-0.3, -0.25) is 10.1 Å². The van der Waals surface area contributed by atoms with E-state index in [0.717, 1.165) is 0 Å². The van der Waals surface area contributed by atoms with E-state index in [0.29, 0.717) is 23.2 Å². The maximum absolute atomic E-state index is 11.0. The summed E-state index contributed by atoms with van der Waals surface area (Å²) in [5.74, 6) is 0.681. The fourth-order valence-electron chi connectivity index (χ4n) is 1.98. The molecule has 4 nitrogen and oxygen atoms in total. The average molecular weight is 220 g/mol. The van der Waals surface area contributed by atoms with Crippen LogP contribution in [0, 0.1) is 23.0 Å². The van der Waals surface area contributed by atoms with Crippen molar-refractivity contribution in [1.29, 1.82) is 0 Å². The number of anilines is 1. The molecule has 1 fully saturated rings. The second-order valence-electron chi connectivity index (χ2n) is 4.50. The van der Waals surface area contributed by atoms with Gasteiger partial charge in [0.25, 0.3) is 5.69 Å². The third-order valence-corrected chi connectivity index (χ3v) is 3.13. The fourth-order valence-corrected chi connectivity index (χ4v) is 1.98. The number of aryl methyl sites for hydroxylation is 1. The van der Waals surface area contributed by atoms with Crippen LogP contribution in [-0.4, -0.2) is 11.0 Å². The van der Waals surface area contributed by atoms with Gasteiger partial charge in [0, 0.05) is 11.6 Å². The molecule has 0 radical (unpaired) electrons. The second-order valence-corrected chi connectivity index (χ2v) is 4.50. The summed E-state index contributed by atoms with van der Waals surface area (Å²) < 4.78 is 0. The normalized spacial score (nSPS) is 16.9. The Morgan fingerprint density at radius 3 is 2.75 bits per heavy atom. The number of nitrogens with zero attached hydrogens (tertiary/aromatic N) is 1. The molecular formula is C12H16N2O2. The lowest BCUT2D eigenvalue weighted by Gasteiger charge is -2.14. The molecule has 4 heteroatoms. The first-order valence-corrected chi connectivity index (χ1v) is 5.60. The molecule has 1 saturated carbocycles. The molecule has 1 atom stereocenters. The van der Waals surface area contributed by atoms with Crippen LogP contribution in [0.4, 0.5) is 11.4 Å². The summed E-state index contributed by atoms with van der Waals surface area (Å²) in [4.78, 5) is 10.7. The van der Waals surface area contributed by atoms with Crippen molar-refractivity contribution in [1.82, 2.24) is 0 Å². The van der Waals surface area contributed by atoms with Crippen LogP contribution in [0.2, 0.25) is 0 Å². The summed E-state index contributed by atoms with van der Waals surface area (Å²) >= 11 is 0. The van der Waals surface area contributed by atoms with Crippen molar-refractivity contribution < 1.29 is 4.92 Å². The Balaban J connectivity index is 2.24. The van der Waals surface area contributed by atoms with E-state index in [-0.39, 0.29) is 10.6 Å². The number of para-hydroxylation sites is 1. The van der Waals surface area contributed by atoms with Crippen molar-refractivity contribution in [2.75, 3.05) is 5.32 Å². The minimum atomic E-state index is -0.308. The minimum Gasteiger partial charge on any atom is -0.377 e. The van der Waals surface area contributed by atoms with Crippen LogP contribution in [-0.2, 0) is 0 Å². The van der Waals surface area contributed by atoms with Crippen molar-refractivity contribution in [2.24, 2.45) is 5.92 Å². The quantitative estimate of drug-likeness (QED) is 0.626. The second kappa shape index (κ2) is 4.12. The molecule has 86 valence electrons. The molecule has 1 aromatic rings. The van der Waals surface area contributed by atoms with E-state index in [1.54, 1.807) is 19.1 Å². The Morgan fingerprint density at radius 2 is 2.19 bits per heavy atom. The van der Waals surface area contributed by atoms with Gasteiger partial charge >= 0.3 is 0 Å². The molecule has 0 aromatic heterocycles. The topological polar surface area (TPSA) is 55.2 Å². The van der Waals surface area contributed by atoms with Gasteiger partial charge in [-0.2, -0.15) is 0 Å². The predicted molar refractivity (Wildman–Crippen MR) is 63.6 cm³/mol. The molecule has 1 aromatic carbocycles. The van der Waals surface area contributed by atoms with Gasteiger partial charge in [-0.15, -0.1) is 0 Å². The van der Waals surface area contributed by atoms with E-state index < -0.39 is 0 Å². The van der Waals surface area contributed by atoms with Crippen molar-refractivity contribution in [3.05, 3.63) is 33.9 Å². The van der Waals surface area contributed by atoms with Crippen LogP contribution in [0.15, 0.2) is 18.2 Å². The van der Waals surface area contributed by atoms with Gasteiger partial charge in [-0.1, -0.05) is 12.1 Å². The number of hydrogen-bond donors (Lipinski definition) is 1. The maximum atomic E-state index is 11.0. The molecule has 1 aliphatic carbocycles. The Bertz CT molecular complexity index is 413. The van der Waals surface area contributed by atoms with E-state index >= 15 is 0 Å². The SMILES string of the molecule is Cc1cccc(NC(C)C2CC2)c1[N+](=O)[O-]. The molecule has 0 aliphatic heterocycles. The van der Waals surface area contributed by atoms with Gasteiger partial charge in [0.15, 0.2) is 0 Å². The smallest absolute Gasteiger partial charge is 0.295 e. The lowest BCUT2D eigenvalue weighted by Crippen LogP contribution is -2.18. The standard InChI is InChI=1S/C12H16N2O2/c1-8-4-3-5-11(12(8)14(15)16)13-9(2)10-6-7-10/h3-5,9-10,13H,6-7H2,1-2H3. The van der Waals surface area contributed by atoms with Crippen molar-refractivity contribution >= 4 is 11.4 Å². The number of nitro benzene ring substituents is 1. The van der Waals surface area contributed by atoms with Crippen molar-refractivity contribution in [3.8, 4) is 0 Å². The van der Waals surface area contributed by atoms with Crippen LogP contribution in [0.25, 0.3) is 0 Å². The highest BCUT2D eigenvalue weighted by Crippen LogP contribution is 2.36. The number of hydrogen-bond acceptors (Lipinski definition) is 3. The number of nitrogens with one attached hydrogen (secondary N) is 1. The van der Waals surface area contributed by atoms with Gasteiger partial charge in [-0.25, -0.2) is 0 Å². The van der Waals surface area contributed by atoms with Crippen molar-refractivity contribution in [2.45, 2.75) is 32.7 Å². The fraction of sp³-hybridized carbons (Fsp3) is 0.500. The molecular weight excluding hydrogens is 204 g/mol. The van der Waals surface area contributed by atoms with Crippen LogP contribution >= 0.6 is 0 Å². The Hall–Kier alpha value is -1.58. The molecule has 2 rings (SSSR count). The first kappa shape index (κ1) is 10.9. The van der Waals surface area contributed by atoms with Crippen LogP contribution < -0.4 is 5.32 Å². The molecule has 1 aliphatic rings. The zero-order chi connectivity index (χ0) is 11.7. The first-order valence-electron chi connectivity index (χ1n) is 5.60. The monoisotopic (exact) mass is 220 g/mol. The maximum Gasteiger partial charge on any atom is 0.295 e. The van der Waals surface area contributed by atoms with Gasteiger partial charge in [0.1, 0.15) is 5.69 Å². The van der Waals surface area contributed by atoms with Crippen LogP contribution in [0.3, 0.4) is 0 Å². The molecule has 0 spiro atoms. The Labute approximate surface area is 94.8 Å². The number of rotatable bonds is 4. The highest BCUT2D eigenvalue weighted by molar-refractivity contribution is 5.65. The molecule has 1 unspecified atom stereocenters. The van der Waals surface area contributed by atoms with E-state index in [1.807, 2.05) is 6.07 Å². The summed E-state index contributed by atoms with van der Waals surface area (Å²) in [5.41, 5.74) is 1.55.